The molecule has 2 rings (SSSR count). The predicted octanol–water partition coefficient (Wildman–Crippen LogP) is 4.10. The molecule has 0 atom stereocenters. The van der Waals surface area contributed by atoms with E-state index in [0.29, 0.717) is 18.9 Å². The fourth-order valence-corrected chi connectivity index (χ4v) is 3.78. The van der Waals surface area contributed by atoms with Crippen LogP contribution in [0.25, 0.3) is 0 Å². The fraction of sp³-hybridized carbons (Fsp3) is 0.312. The fourth-order valence-electron chi connectivity index (χ4n) is 2.25. The first kappa shape index (κ1) is 19.2. The van der Waals surface area contributed by atoms with Crippen molar-refractivity contribution in [3.63, 3.8) is 0 Å². The first-order chi connectivity index (χ1) is 11.9. The summed E-state index contributed by atoms with van der Waals surface area (Å²) in [4.78, 5) is 25.9. The molecule has 0 radical (unpaired) electrons. The molecule has 7 nitrogen and oxygen atoms in total. The number of benzene rings is 1. The van der Waals surface area contributed by atoms with Crippen molar-refractivity contribution < 1.29 is 19.2 Å². The number of amides is 1. The van der Waals surface area contributed by atoms with Gasteiger partial charge in [-0.2, -0.15) is 0 Å². The first-order valence-electron chi connectivity index (χ1n) is 7.36. The van der Waals surface area contributed by atoms with E-state index >= 15 is 0 Å². The molecule has 0 aliphatic rings. The maximum absolute atomic E-state index is 12.8. The number of halogens is 1. The maximum Gasteiger partial charge on any atom is 0.286 e. The van der Waals surface area contributed by atoms with E-state index in [1.165, 1.54) is 35.5 Å². The molecular weight excluding hydrogens is 412 g/mol. The summed E-state index contributed by atoms with van der Waals surface area (Å²) in [5.41, 5.74) is -0.350. The number of carbonyl (C=O) groups is 1. The number of thiophene rings is 1. The molecule has 134 valence electrons. The molecule has 0 saturated carbocycles. The molecule has 0 saturated heterocycles. The Morgan fingerprint density at radius 3 is 2.60 bits per heavy atom. The van der Waals surface area contributed by atoms with E-state index in [4.69, 9.17) is 9.47 Å². The summed E-state index contributed by atoms with van der Waals surface area (Å²) in [5, 5.41) is 11.4. The molecule has 2 aromatic rings. The van der Waals surface area contributed by atoms with Gasteiger partial charge in [-0.3, -0.25) is 14.9 Å². The third kappa shape index (κ3) is 4.49. The lowest BCUT2D eigenvalue weighted by atomic mass is 10.1. The Balaban J connectivity index is 2.38. The van der Waals surface area contributed by atoms with E-state index in [2.05, 4.69) is 15.9 Å². The Hall–Kier alpha value is -2.13. The molecule has 25 heavy (non-hydrogen) atoms. The van der Waals surface area contributed by atoms with E-state index < -0.39 is 10.8 Å². The third-order valence-electron chi connectivity index (χ3n) is 3.38. The summed E-state index contributed by atoms with van der Waals surface area (Å²) >= 11 is 4.87. The highest BCUT2D eigenvalue weighted by atomic mass is 79.9. The van der Waals surface area contributed by atoms with Crippen LogP contribution in [0.3, 0.4) is 0 Å². The summed E-state index contributed by atoms with van der Waals surface area (Å²) in [7, 11) is 2.99. The minimum Gasteiger partial charge on any atom is -0.493 e. The van der Waals surface area contributed by atoms with Gasteiger partial charge in [-0.1, -0.05) is 0 Å². The van der Waals surface area contributed by atoms with E-state index in [1.807, 2.05) is 12.1 Å². The van der Waals surface area contributed by atoms with E-state index in [9.17, 15) is 14.9 Å². The average Bonchev–Trinajstić information content (AvgIpc) is 2.98. The van der Waals surface area contributed by atoms with Crippen LogP contribution < -0.4 is 9.47 Å². The highest BCUT2D eigenvalue weighted by Gasteiger charge is 2.27. The molecule has 0 fully saturated rings. The van der Waals surface area contributed by atoms with Crippen LogP contribution in [0.15, 0.2) is 28.1 Å². The Kier molecular flexibility index (Phi) is 6.38. The van der Waals surface area contributed by atoms with Gasteiger partial charge in [0.05, 0.1) is 35.0 Å². The zero-order chi connectivity index (χ0) is 18.6. The molecule has 9 heteroatoms. The van der Waals surface area contributed by atoms with Crippen molar-refractivity contribution in [1.82, 2.24) is 4.90 Å². The monoisotopic (exact) mass is 428 g/mol. The Morgan fingerprint density at radius 2 is 2.08 bits per heavy atom. The molecule has 1 amide bonds. The number of methoxy groups -OCH3 is 1. The standard InChI is InChI=1S/C16H17BrN2O5S/c1-4-24-14-7-11(12(19(21)22)8-13(14)23-3)16(20)18(2)9-10-5-6-15(17)25-10/h5-8H,4,9H2,1-3H3. The van der Waals surface area contributed by atoms with Crippen LogP contribution in [-0.2, 0) is 6.54 Å². The number of rotatable bonds is 7. The van der Waals surface area contributed by atoms with Crippen molar-refractivity contribution in [3.05, 3.63) is 48.6 Å². The van der Waals surface area contributed by atoms with Gasteiger partial charge in [0.15, 0.2) is 11.5 Å². The summed E-state index contributed by atoms with van der Waals surface area (Å²) < 4.78 is 11.5. The lowest BCUT2D eigenvalue weighted by molar-refractivity contribution is -0.385. The molecule has 1 aromatic carbocycles. The van der Waals surface area contributed by atoms with Crippen molar-refractivity contribution in [1.29, 1.82) is 0 Å². The van der Waals surface area contributed by atoms with Crippen LogP contribution in [0.2, 0.25) is 0 Å². The number of hydrogen-bond donors (Lipinski definition) is 0. The molecule has 1 aromatic heterocycles. The van der Waals surface area contributed by atoms with Crippen LogP contribution >= 0.6 is 27.3 Å². The molecule has 0 aliphatic carbocycles. The van der Waals surface area contributed by atoms with Crippen LogP contribution in [0.4, 0.5) is 5.69 Å². The van der Waals surface area contributed by atoms with Gasteiger partial charge in [-0.05, 0) is 35.0 Å². The van der Waals surface area contributed by atoms with Gasteiger partial charge in [-0.25, -0.2) is 0 Å². The van der Waals surface area contributed by atoms with Gasteiger partial charge < -0.3 is 14.4 Å². The number of ether oxygens (including phenoxy) is 2. The van der Waals surface area contributed by atoms with Crippen molar-refractivity contribution in [3.8, 4) is 11.5 Å². The Bertz CT molecular complexity index is 793. The summed E-state index contributed by atoms with van der Waals surface area (Å²) in [6.45, 7) is 2.48. The first-order valence-corrected chi connectivity index (χ1v) is 8.97. The smallest absolute Gasteiger partial charge is 0.286 e. The Morgan fingerprint density at radius 1 is 1.36 bits per heavy atom. The lowest BCUT2D eigenvalue weighted by Gasteiger charge is -2.18. The van der Waals surface area contributed by atoms with E-state index in [1.54, 1.807) is 14.0 Å². The highest BCUT2D eigenvalue weighted by molar-refractivity contribution is 9.11. The van der Waals surface area contributed by atoms with Crippen molar-refractivity contribution in [2.75, 3.05) is 20.8 Å². The van der Waals surface area contributed by atoms with Gasteiger partial charge >= 0.3 is 0 Å². The second-order valence-corrected chi connectivity index (χ2v) is 7.62. The quantitative estimate of drug-likeness (QED) is 0.489. The van der Waals surface area contributed by atoms with Gasteiger partial charge in [0.2, 0.25) is 0 Å². The molecule has 0 aliphatic heterocycles. The summed E-state index contributed by atoms with van der Waals surface area (Å²) in [6, 6.07) is 6.37. The van der Waals surface area contributed by atoms with E-state index in [0.717, 1.165) is 8.66 Å². The molecule has 0 unspecified atom stereocenters. The predicted molar refractivity (Wildman–Crippen MR) is 98.6 cm³/mol. The van der Waals surface area contributed by atoms with Crippen molar-refractivity contribution in [2.24, 2.45) is 0 Å². The minimum atomic E-state index is -0.596. The molecule has 0 N–H and O–H groups in total. The van der Waals surface area contributed by atoms with Crippen LogP contribution in [0.1, 0.15) is 22.2 Å². The second kappa shape index (κ2) is 8.30. The van der Waals surface area contributed by atoms with Crippen molar-refractivity contribution in [2.45, 2.75) is 13.5 Å². The van der Waals surface area contributed by atoms with Gasteiger partial charge in [-0.15, -0.1) is 11.3 Å². The maximum atomic E-state index is 12.8. The number of nitrogens with zero attached hydrogens (tertiary/aromatic N) is 2. The van der Waals surface area contributed by atoms with Crippen LogP contribution in [0.5, 0.6) is 11.5 Å². The molecule has 0 bridgehead atoms. The topological polar surface area (TPSA) is 81.9 Å². The third-order valence-corrected chi connectivity index (χ3v) is 4.99. The zero-order valence-corrected chi connectivity index (χ0v) is 16.3. The minimum absolute atomic E-state index is 0.0348. The lowest BCUT2D eigenvalue weighted by Crippen LogP contribution is -2.26. The van der Waals surface area contributed by atoms with Gasteiger partial charge in [0.1, 0.15) is 5.56 Å². The molecule has 1 heterocycles. The molecular formula is C16H17BrN2O5S. The SMILES string of the molecule is CCOc1cc(C(=O)N(C)Cc2ccc(Br)s2)c([N+](=O)[O-])cc1OC. The average molecular weight is 429 g/mol. The highest BCUT2D eigenvalue weighted by Crippen LogP contribution is 2.35. The van der Waals surface area contributed by atoms with Crippen molar-refractivity contribution >= 4 is 38.9 Å². The van der Waals surface area contributed by atoms with Gasteiger partial charge in [0, 0.05) is 18.0 Å². The normalized spacial score (nSPS) is 10.4. The Labute approximate surface area is 157 Å². The molecule has 0 spiro atoms. The zero-order valence-electron chi connectivity index (χ0n) is 13.9. The number of hydrogen-bond acceptors (Lipinski definition) is 6. The summed E-state index contributed by atoms with van der Waals surface area (Å²) in [6.07, 6.45) is 0. The van der Waals surface area contributed by atoms with Crippen LogP contribution in [0, 0.1) is 10.1 Å². The summed E-state index contributed by atoms with van der Waals surface area (Å²) in [5.74, 6) is 0.0565. The largest absolute Gasteiger partial charge is 0.493 e. The number of nitro groups is 1. The second-order valence-electron chi connectivity index (χ2n) is 5.08. The van der Waals surface area contributed by atoms with Gasteiger partial charge in [0.25, 0.3) is 11.6 Å². The number of carbonyl (C=O) groups excluding carboxylic acids is 1. The van der Waals surface area contributed by atoms with E-state index in [-0.39, 0.29) is 17.0 Å². The van der Waals surface area contributed by atoms with Crippen LogP contribution in [-0.4, -0.2) is 36.5 Å². The number of nitro benzene ring substituents is 1.